The number of rotatable bonds is 0. The van der Waals surface area contributed by atoms with E-state index in [1.807, 2.05) is 0 Å². The average Bonchev–Trinajstić information content (AvgIpc) is 2.34. The maximum Gasteiger partial charge on any atom is 0.278 e. The van der Waals surface area contributed by atoms with E-state index in [4.69, 9.17) is 0 Å². The second kappa shape index (κ2) is 4.52. The average molecular weight is 191 g/mol. The van der Waals surface area contributed by atoms with Crippen LogP contribution in [0.5, 0.6) is 0 Å². The fourth-order valence-corrected chi connectivity index (χ4v) is 0.986. The zero-order chi connectivity index (χ0) is 7.84. The molecule has 4 N–H and O–H groups in total. The molecule has 13 heavy (non-hydrogen) atoms. The van der Waals surface area contributed by atoms with Gasteiger partial charge in [0.05, 0.1) is 0 Å². The monoisotopic (exact) mass is 191 g/mol. The van der Waals surface area contributed by atoms with E-state index in [9.17, 15) is 4.79 Å². The standard InChI is InChI=1S/C6H6N4O.Na.H2O/c1-3-2-4-5(6(11)7-3)9-10-8-4;;/h2H,1H3,(H,7,11)(H,8,9,10);;1H2. The van der Waals surface area contributed by atoms with Gasteiger partial charge in [-0.25, -0.2) is 0 Å². The van der Waals surface area contributed by atoms with E-state index in [2.05, 4.69) is 20.4 Å². The van der Waals surface area contributed by atoms with E-state index < -0.39 is 0 Å². The van der Waals surface area contributed by atoms with Crippen molar-refractivity contribution in [1.29, 1.82) is 0 Å². The molecule has 2 heterocycles. The molecule has 0 saturated heterocycles. The zero-order valence-electron chi connectivity index (χ0n) is 7.38. The molecule has 0 aliphatic heterocycles. The minimum absolute atomic E-state index is 0. The number of H-pyrrole nitrogens is 2. The van der Waals surface area contributed by atoms with Crippen LogP contribution in [-0.2, 0) is 0 Å². The molecule has 7 heteroatoms. The third-order valence-corrected chi connectivity index (χ3v) is 1.45. The Kier molecular flexibility index (Phi) is 4.28. The van der Waals surface area contributed by atoms with Crippen LogP contribution >= 0.6 is 0 Å². The normalized spacial score (nSPS) is 9.00. The third-order valence-electron chi connectivity index (χ3n) is 1.45. The van der Waals surface area contributed by atoms with Crippen molar-refractivity contribution >= 4 is 40.6 Å². The van der Waals surface area contributed by atoms with Crippen LogP contribution < -0.4 is 5.56 Å². The number of aromatic nitrogens is 4. The molecule has 1 radical (unpaired) electrons. The molecule has 0 aliphatic rings. The molecule has 2 aromatic rings. The summed E-state index contributed by atoms with van der Waals surface area (Å²) in [5.74, 6) is 0. The fourth-order valence-electron chi connectivity index (χ4n) is 0.986. The Morgan fingerprint density at radius 3 is 2.77 bits per heavy atom. The predicted octanol–water partition coefficient (Wildman–Crippen LogP) is -1.25. The van der Waals surface area contributed by atoms with E-state index in [1.54, 1.807) is 13.0 Å². The van der Waals surface area contributed by atoms with Gasteiger partial charge in [-0.05, 0) is 13.0 Å². The molecule has 0 aromatic carbocycles. The van der Waals surface area contributed by atoms with Crippen LogP contribution in [0.15, 0.2) is 10.9 Å². The Morgan fingerprint density at radius 2 is 2.08 bits per heavy atom. The summed E-state index contributed by atoms with van der Waals surface area (Å²) < 4.78 is 0. The van der Waals surface area contributed by atoms with Crippen molar-refractivity contribution in [2.24, 2.45) is 0 Å². The second-order valence-corrected chi connectivity index (χ2v) is 2.34. The number of aryl methyl sites for hydroxylation is 1. The van der Waals surface area contributed by atoms with Crippen LogP contribution in [0.4, 0.5) is 0 Å². The fraction of sp³-hybridized carbons (Fsp3) is 0.167. The van der Waals surface area contributed by atoms with E-state index in [0.717, 1.165) is 5.69 Å². The summed E-state index contributed by atoms with van der Waals surface area (Å²) in [6.45, 7) is 1.80. The summed E-state index contributed by atoms with van der Waals surface area (Å²) in [7, 11) is 0. The first-order valence-electron chi connectivity index (χ1n) is 3.18. The molecule has 2 aromatic heterocycles. The summed E-state index contributed by atoms with van der Waals surface area (Å²) in [4.78, 5) is 13.7. The van der Waals surface area contributed by atoms with E-state index in [0.29, 0.717) is 11.0 Å². The summed E-state index contributed by atoms with van der Waals surface area (Å²) in [5.41, 5.74) is 1.55. The van der Waals surface area contributed by atoms with Gasteiger partial charge in [-0.3, -0.25) is 4.79 Å². The van der Waals surface area contributed by atoms with Gasteiger partial charge in [0.1, 0.15) is 5.52 Å². The quantitative estimate of drug-likeness (QED) is 0.508. The van der Waals surface area contributed by atoms with E-state index in [-0.39, 0.29) is 40.6 Å². The van der Waals surface area contributed by atoms with Crippen molar-refractivity contribution in [3.63, 3.8) is 0 Å². The molecule has 0 aliphatic carbocycles. The van der Waals surface area contributed by atoms with Crippen LogP contribution in [-0.4, -0.2) is 55.4 Å². The Bertz CT molecular complexity index is 449. The van der Waals surface area contributed by atoms with Crippen LogP contribution in [0.25, 0.3) is 11.0 Å². The van der Waals surface area contributed by atoms with E-state index in [1.165, 1.54) is 0 Å². The smallest absolute Gasteiger partial charge is 0.278 e. The van der Waals surface area contributed by atoms with Gasteiger partial charge in [-0.2, -0.15) is 15.4 Å². The predicted molar refractivity (Wildman–Crippen MR) is 48.6 cm³/mol. The van der Waals surface area contributed by atoms with Crippen molar-refractivity contribution in [2.45, 2.75) is 6.92 Å². The molecule has 0 unspecified atom stereocenters. The van der Waals surface area contributed by atoms with Gasteiger partial charge in [-0.15, -0.1) is 0 Å². The summed E-state index contributed by atoms with van der Waals surface area (Å²) in [6, 6.07) is 1.76. The van der Waals surface area contributed by atoms with E-state index >= 15 is 0 Å². The SMILES string of the molecule is Cc1cc2n[nH]nc2c(=O)[nH]1.O.[Na]. The van der Waals surface area contributed by atoms with Crippen molar-refractivity contribution in [3.8, 4) is 0 Å². The molecular formula is C6H8N4NaO2. The molecule has 2 rings (SSSR count). The number of nitrogens with zero attached hydrogens (tertiary/aromatic N) is 2. The second-order valence-electron chi connectivity index (χ2n) is 2.34. The van der Waals surface area contributed by atoms with Crippen LogP contribution in [0.1, 0.15) is 5.69 Å². The number of aromatic amines is 2. The molecule has 0 bridgehead atoms. The minimum Gasteiger partial charge on any atom is -0.412 e. The maximum atomic E-state index is 11.1. The molecule has 0 amide bonds. The number of hydrogen-bond acceptors (Lipinski definition) is 3. The first kappa shape index (κ1) is 12.3. The molecule has 0 atom stereocenters. The Balaban J connectivity index is 0.000000720. The molecule has 0 saturated carbocycles. The van der Waals surface area contributed by atoms with Crippen molar-refractivity contribution in [3.05, 3.63) is 22.1 Å². The third kappa shape index (κ3) is 2.16. The minimum atomic E-state index is -0.200. The number of pyridine rings is 1. The van der Waals surface area contributed by atoms with Gasteiger partial charge in [0.2, 0.25) is 0 Å². The Morgan fingerprint density at radius 1 is 1.38 bits per heavy atom. The summed E-state index contributed by atoms with van der Waals surface area (Å²) >= 11 is 0. The number of hydrogen-bond donors (Lipinski definition) is 2. The molecule has 65 valence electrons. The van der Waals surface area contributed by atoms with Gasteiger partial charge < -0.3 is 10.5 Å². The van der Waals surface area contributed by atoms with Gasteiger partial charge in [0, 0.05) is 35.3 Å². The van der Waals surface area contributed by atoms with Gasteiger partial charge in [0.25, 0.3) is 5.56 Å². The molecule has 0 fully saturated rings. The number of fused-ring (bicyclic) bond motifs is 1. The molecular weight excluding hydrogens is 183 g/mol. The Labute approximate surface area is 95.3 Å². The topological polar surface area (TPSA) is 106 Å². The first-order chi connectivity index (χ1) is 5.27. The zero-order valence-corrected chi connectivity index (χ0v) is 9.38. The summed E-state index contributed by atoms with van der Waals surface area (Å²) in [6.07, 6.45) is 0. The largest absolute Gasteiger partial charge is 0.412 e. The first-order valence-corrected chi connectivity index (χ1v) is 3.18. The van der Waals surface area contributed by atoms with Crippen LogP contribution in [0, 0.1) is 6.92 Å². The van der Waals surface area contributed by atoms with Crippen LogP contribution in [0.3, 0.4) is 0 Å². The van der Waals surface area contributed by atoms with Crippen molar-refractivity contribution in [1.82, 2.24) is 20.4 Å². The van der Waals surface area contributed by atoms with Gasteiger partial charge >= 0.3 is 0 Å². The number of nitrogens with one attached hydrogen (secondary N) is 2. The Hall–Kier alpha value is -0.690. The van der Waals surface area contributed by atoms with Crippen molar-refractivity contribution in [2.75, 3.05) is 0 Å². The van der Waals surface area contributed by atoms with Gasteiger partial charge in [-0.1, -0.05) is 0 Å². The molecule has 6 nitrogen and oxygen atoms in total. The maximum absolute atomic E-state index is 11.1. The van der Waals surface area contributed by atoms with Gasteiger partial charge in [0.15, 0.2) is 5.52 Å². The van der Waals surface area contributed by atoms with Crippen molar-refractivity contribution < 1.29 is 5.48 Å². The summed E-state index contributed by atoms with van der Waals surface area (Å²) in [5, 5.41) is 9.85. The van der Waals surface area contributed by atoms with Crippen LogP contribution in [0.2, 0.25) is 0 Å². The molecule has 0 spiro atoms.